The zero-order chi connectivity index (χ0) is 24.2. The number of carbonyl (C=O) groups is 3. The van der Waals surface area contributed by atoms with E-state index in [0.29, 0.717) is 17.2 Å². The molecule has 12 heteroatoms. The number of rotatable bonds is 5. The molecule has 1 aliphatic heterocycles. The third kappa shape index (κ3) is 6.07. The first-order chi connectivity index (χ1) is 15.6. The van der Waals surface area contributed by atoms with Crippen molar-refractivity contribution in [2.75, 3.05) is 7.11 Å². The highest BCUT2D eigenvalue weighted by atomic mass is 32.2. The molecule has 170 valence electrons. The number of nitrogens with zero attached hydrogens (tertiary/aromatic N) is 2. The van der Waals surface area contributed by atoms with Gasteiger partial charge in [-0.25, -0.2) is 9.59 Å². The van der Waals surface area contributed by atoms with Gasteiger partial charge in [-0.1, -0.05) is 24.3 Å². The lowest BCUT2D eigenvalue weighted by Gasteiger charge is -2.11. The van der Waals surface area contributed by atoms with Gasteiger partial charge in [0.15, 0.2) is 5.17 Å². The number of methoxy groups -OCH3 is 1. The minimum atomic E-state index is -4.69. The maximum absolute atomic E-state index is 13.1. The van der Waals surface area contributed by atoms with Crippen molar-refractivity contribution in [3.8, 4) is 11.1 Å². The van der Waals surface area contributed by atoms with Gasteiger partial charge in [0.25, 0.3) is 5.91 Å². The number of thioether (sulfide) groups is 1. The molecule has 33 heavy (non-hydrogen) atoms. The van der Waals surface area contributed by atoms with Crippen molar-refractivity contribution in [3.05, 3.63) is 70.1 Å². The summed E-state index contributed by atoms with van der Waals surface area (Å²) >= 11 is 0.900. The summed E-state index contributed by atoms with van der Waals surface area (Å²) in [4.78, 5) is 34.3. The van der Waals surface area contributed by atoms with E-state index >= 15 is 0 Å². The van der Waals surface area contributed by atoms with Crippen LogP contribution in [0.4, 0.5) is 13.2 Å². The Kier molecular flexibility index (Phi) is 6.97. The van der Waals surface area contributed by atoms with Crippen LogP contribution in [0.15, 0.2) is 63.6 Å². The number of halogens is 3. The van der Waals surface area contributed by atoms with E-state index in [0.717, 1.165) is 30.0 Å². The Hall–Kier alpha value is -3.93. The maximum Gasteiger partial charge on any atom is 0.416 e. The second-order valence-electron chi connectivity index (χ2n) is 6.46. The van der Waals surface area contributed by atoms with E-state index < -0.39 is 35.1 Å². The molecule has 2 N–H and O–H groups in total. The molecule has 1 amide bonds. The fourth-order valence-electron chi connectivity index (χ4n) is 2.63. The largest absolute Gasteiger partial charge is 0.478 e. The van der Waals surface area contributed by atoms with Crippen LogP contribution in [0.3, 0.4) is 0 Å². The molecule has 2 aromatic rings. The van der Waals surface area contributed by atoms with Gasteiger partial charge in [0.05, 0.1) is 29.4 Å². The van der Waals surface area contributed by atoms with Crippen molar-refractivity contribution in [2.45, 2.75) is 6.18 Å². The summed E-state index contributed by atoms with van der Waals surface area (Å²) in [6.07, 6.45) is -2.32. The highest BCUT2D eigenvalue weighted by Gasteiger charge is 2.32. The number of nitrogens with one attached hydrogen (secondary N) is 1. The Labute approximate surface area is 188 Å². The first-order valence-corrected chi connectivity index (χ1v) is 9.84. The van der Waals surface area contributed by atoms with Crippen LogP contribution in [0.25, 0.3) is 11.1 Å². The zero-order valence-corrected chi connectivity index (χ0v) is 17.5. The molecule has 0 aromatic heterocycles. The molecule has 0 atom stereocenters. The van der Waals surface area contributed by atoms with Crippen LogP contribution in [-0.4, -0.2) is 41.4 Å². The van der Waals surface area contributed by atoms with Crippen molar-refractivity contribution in [3.63, 3.8) is 0 Å². The average Bonchev–Trinajstić information content (AvgIpc) is 3.12. The molecule has 0 unspecified atom stereocenters. The predicted octanol–water partition coefficient (Wildman–Crippen LogP) is 3.68. The standard InChI is InChI=1S/C21H14F3N3O5S/c1-32-17(28)9-16-18(29)26-20(33-16)27-25-10-11-2-4-12(5-3-11)13-6-14(19(30)31)8-15(7-13)21(22,23)24/h2-10H,1H3,(H,30,31)(H,26,27,29)/b16-9+,25-10?. The Bertz CT molecular complexity index is 1200. The van der Waals surface area contributed by atoms with E-state index in [9.17, 15) is 27.6 Å². The lowest BCUT2D eigenvalue weighted by Crippen LogP contribution is -2.19. The number of carboxylic acid groups (broad SMARTS) is 1. The van der Waals surface area contributed by atoms with Gasteiger partial charge in [0.1, 0.15) is 0 Å². The van der Waals surface area contributed by atoms with Crippen molar-refractivity contribution < 1.29 is 37.4 Å². The number of hydrogen-bond acceptors (Lipinski definition) is 7. The molecule has 0 radical (unpaired) electrons. The van der Waals surface area contributed by atoms with Crippen LogP contribution < -0.4 is 5.32 Å². The minimum Gasteiger partial charge on any atom is -0.478 e. The number of alkyl halides is 3. The molecule has 1 aliphatic rings. The molecule has 0 spiro atoms. The van der Waals surface area contributed by atoms with Gasteiger partial charge in [0.2, 0.25) is 0 Å². The van der Waals surface area contributed by atoms with Gasteiger partial charge in [-0.3, -0.25) is 10.1 Å². The van der Waals surface area contributed by atoms with Crippen molar-refractivity contribution in [2.24, 2.45) is 10.2 Å². The van der Waals surface area contributed by atoms with Gasteiger partial charge in [-0.15, -0.1) is 5.10 Å². The van der Waals surface area contributed by atoms with Gasteiger partial charge in [0, 0.05) is 6.08 Å². The second-order valence-corrected chi connectivity index (χ2v) is 7.49. The van der Waals surface area contributed by atoms with E-state index in [4.69, 9.17) is 5.11 Å². The number of aromatic carboxylic acids is 1. The highest BCUT2D eigenvalue weighted by molar-refractivity contribution is 8.18. The summed E-state index contributed by atoms with van der Waals surface area (Å²) in [5.41, 5.74) is -0.508. The van der Waals surface area contributed by atoms with Crippen LogP contribution in [-0.2, 0) is 20.5 Å². The van der Waals surface area contributed by atoms with Gasteiger partial charge in [-0.2, -0.15) is 18.3 Å². The third-order valence-electron chi connectivity index (χ3n) is 4.21. The summed E-state index contributed by atoms with van der Waals surface area (Å²) in [6, 6.07) is 8.76. The van der Waals surface area contributed by atoms with E-state index in [1.165, 1.54) is 25.5 Å². The zero-order valence-electron chi connectivity index (χ0n) is 16.7. The number of ether oxygens (including phenoxy) is 1. The first kappa shape index (κ1) is 23.7. The lowest BCUT2D eigenvalue weighted by molar-refractivity contribution is -0.137. The normalized spacial score (nSPS) is 16.4. The molecule has 1 heterocycles. The Morgan fingerprint density at radius 2 is 1.82 bits per heavy atom. The summed E-state index contributed by atoms with van der Waals surface area (Å²) in [7, 11) is 1.18. The number of hydrogen-bond donors (Lipinski definition) is 2. The Morgan fingerprint density at radius 1 is 1.12 bits per heavy atom. The van der Waals surface area contributed by atoms with Crippen LogP contribution in [0, 0.1) is 0 Å². The third-order valence-corrected chi connectivity index (χ3v) is 5.11. The summed E-state index contributed by atoms with van der Waals surface area (Å²) in [5, 5.41) is 19.4. The molecule has 1 fully saturated rings. The average molecular weight is 477 g/mol. The second kappa shape index (κ2) is 9.69. The number of esters is 1. The Balaban J connectivity index is 1.77. The number of benzene rings is 2. The lowest BCUT2D eigenvalue weighted by atomic mass is 9.98. The Morgan fingerprint density at radius 3 is 2.42 bits per heavy atom. The van der Waals surface area contributed by atoms with Gasteiger partial charge < -0.3 is 9.84 Å². The maximum atomic E-state index is 13.1. The molecule has 1 saturated heterocycles. The first-order valence-electron chi connectivity index (χ1n) is 9.02. The highest BCUT2D eigenvalue weighted by Crippen LogP contribution is 2.33. The summed E-state index contributed by atoms with van der Waals surface area (Å²) in [6.45, 7) is 0. The number of carboxylic acids is 1. The van der Waals surface area contributed by atoms with Crippen molar-refractivity contribution >= 4 is 41.0 Å². The molecular formula is C21H14F3N3O5S. The fourth-order valence-corrected chi connectivity index (χ4v) is 3.37. The molecule has 0 saturated carbocycles. The summed E-state index contributed by atoms with van der Waals surface area (Å²) < 4.78 is 43.8. The van der Waals surface area contributed by atoms with Gasteiger partial charge >= 0.3 is 18.1 Å². The van der Waals surface area contributed by atoms with E-state index in [2.05, 4.69) is 20.3 Å². The molecule has 0 bridgehead atoms. The summed E-state index contributed by atoms with van der Waals surface area (Å²) in [5.74, 6) is -2.68. The quantitative estimate of drug-likeness (QED) is 0.294. The van der Waals surface area contributed by atoms with E-state index in [1.807, 2.05) is 0 Å². The number of amides is 1. The van der Waals surface area contributed by atoms with Crippen LogP contribution >= 0.6 is 11.8 Å². The van der Waals surface area contributed by atoms with Crippen LogP contribution in [0.1, 0.15) is 21.5 Å². The fraction of sp³-hybridized carbons (Fsp3) is 0.0952. The van der Waals surface area contributed by atoms with Crippen molar-refractivity contribution in [1.29, 1.82) is 0 Å². The minimum absolute atomic E-state index is 0.0981. The van der Waals surface area contributed by atoms with Gasteiger partial charge in [-0.05, 0) is 46.7 Å². The smallest absolute Gasteiger partial charge is 0.416 e. The predicted molar refractivity (Wildman–Crippen MR) is 115 cm³/mol. The molecular weight excluding hydrogens is 463 g/mol. The van der Waals surface area contributed by atoms with E-state index in [1.54, 1.807) is 12.1 Å². The molecule has 8 nitrogen and oxygen atoms in total. The molecule has 0 aliphatic carbocycles. The SMILES string of the molecule is COC(=O)/C=C1/S/C(=N\N=Cc2ccc(-c3cc(C(=O)O)cc(C(F)(F)F)c3)cc2)NC1=O. The molecule has 3 rings (SSSR count). The van der Waals surface area contributed by atoms with E-state index in [-0.39, 0.29) is 15.6 Å². The molecule has 2 aromatic carbocycles. The number of amidine groups is 1. The monoisotopic (exact) mass is 477 g/mol. The van der Waals surface area contributed by atoms with Crippen LogP contribution in [0.5, 0.6) is 0 Å². The topological polar surface area (TPSA) is 117 Å². The van der Waals surface area contributed by atoms with Crippen molar-refractivity contribution in [1.82, 2.24) is 5.32 Å². The van der Waals surface area contributed by atoms with Crippen LogP contribution in [0.2, 0.25) is 0 Å². The number of carbonyl (C=O) groups excluding carboxylic acids is 2.